The fraction of sp³-hybridized carbons (Fsp3) is 0.312. The molecule has 0 radical (unpaired) electrons. The molecule has 0 bridgehead atoms. The normalized spacial score (nSPS) is 10.4. The summed E-state index contributed by atoms with van der Waals surface area (Å²) in [5.41, 5.74) is 0.917. The highest BCUT2D eigenvalue weighted by molar-refractivity contribution is 6.30. The van der Waals surface area contributed by atoms with Gasteiger partial charge in [-0.1, -0.05) is 17.7 Å². The Labute approximate surface area is 140 Å². The minimum atomic E-state index is -0.308. The van der Waals surface area contributed by atoms with Crippen LogP contribution in [0.2, 0.25) is 5.02 Å². The topological polar surface area (TPSA) is 76.1 Å². The summed E-state index contributed by atoms with van der Waals surface area (Å²) >= 11 is 5.91. The van der Waals surface area contributed by atoms with Gasteiger partial charge in [-0.3, -0.25) is 4.79 Å². The lowest BCUT2D eigenvalue weighted by Crippen LogP contribution is -2.16. The molecule has 2 aromatic rings. The van der Waals surface area contributed by atoms with Gasteiger partial charge in [-0.2, -0.15) is 0 Å². The number of rotatable bonds is 7. The first-order valence-corrected chi connectivity index (χ1v) is 7.61. The van der Waals surface area contributed by atoms with Crippen LogP contribution in [0.25, 0.3) is 0 Å². The highest BCUT2D eigenvalue weighted by atomic mass is 35.5. The number of ether oxygens (including phenoxy) is 1. The lowest BCUT2D eigenvalue weighted by atomic mass is 10.3. The molecular weight excluding hydrogens is 316 g/mol. The Kier molecular flexibility index (Phi) is 6.31. The average Bonchev–Trinajstić information content (AvgIpc) is 2.51. The van der Waals surface area contributed by atoms with Gasteiger partial charge >= 0.3 is 0 Å². The van der Waals surface area contributed by atoms with Crippen molar-refractivity contribution < 1.29 is 9.53 Å². The van der Waals surface area contributed by atoms with Gasteiger partial charge in [0.25, 0.3) is 5.91 Å². The van der Waals surface area contributed by atoms with Crippen molar-refractivity contribution in [2.75, 3.05) is 30.9 Å². The summed E-state index contributed by atoms with van der Waals surface area (Å²) in [6.07, 6.45) is 0.851. The van der Waals surface area contributed by atoms with Gasteiger partial charge in [0, 0.05) is 37.0 Å². The summed E-state index contributed by atoms with van der Waals surface area (Å²) in [4.78, 5) is 20.8. The minimum Gasteiger partial charge on any atom is -0.385 e. The van der Waals surface area contributed by atoms with Crippen molar-refractivity contribution in [2.24, 2.45) is 0 Å². The van der Waals surface area contributed by atoms with Crippen molar-refractivity contribution in [3.8, 4) is 0 Å². The number of hydrogen-bond acceptors (Lipinski definition) is 5. The predicted molar refractivity (Wildman–Crippen MR) is 91.2 cm³/mol. The zero-order valence-electron chi connectivity index (χ0n) is 13.1. The molecule has 0 aliphatic rings. The van der Waals surface area contributed by atoms with Gasteiger partial charge in [-0.15, -0.1) is 0 Å². The summed E-state index contributed by atoms with van der Waals surface area (Å²) in [6, 6.07) is 8.58. The van der Waals surface area contributed by atoms with Crippen LogP contribution in [0.15, 0.2) is 30.3 Å². The average molecular weight is 335 g/mol. The van der Waals surface area contributed by atoms with Crippen molar-refractivity contribution in [1.29, 1.82) is 0 Å². The van der Waals surface area contributed by atoms with Crippen LogP contribution >= 0.6 is 11.6 Å². The first kappa shape index (κ1) is 17.2. The highest BCUT2D eigenvalue weighted by Gasteiger charge is 2.11. The molecule has 0 aliphatic heterocycles. The minimum absolute atomic E-state index is 0.298. The summed E-state index contributed by atoms with van der Waals surface area (Å²) < 4.78 is 4.99. The van der Waals surface area contributed by atoms with Gasteiger partial charge in [0.2, 0.25) is 0 Å². The number of halogens is 1. The van der Waals surface area contributed by atoms with Gasteiger partial charge in [-0.05, 0) is 31.5 Å². The summed E-state index contributed by atoms with van der Waals surface area (Å²) in [6.45, 7) is 3.12. The van der Waals surface area contributed by atoms with E-state index >= 15 is 0 Å². The second kappa shape index (κ2) is 8.45. The zero-order valence-corrected chi connectivity index (χ0v) is 13.9. The van der Waals surface area contributed by atoms with E-state index in [0.29, 0.717) is 41.2 Å². The molecule has 2 rings (SSSR count). The Morgan fingerprint density at radius 1 is 1.30 bits per heavy atom. The van der Waals surface area contributed by atoms with Crippen LogP contribution in [-0.4, -0.2) is 36.1 Å². The van der Waals surface area contributed by atoms with Crippen LogP contribution in [0.4, 0.5) is 11.5 Å². The van der Waals surface area contributed by atoms with E-state index in [-0.39, 0.29) is 5.91 Å². The second-order valence-electron chi connectivity index (χ2n) is 4.92. The number of anilines is 2. The molecule has 2 N–H and O–H groups in total. The summed E-state index contributed by atoms with van der Waals surface area (Å²) in [5.74, 6) is 0.834. The van der Waals surface area contributed by atoms with Crippen LogP contribution in [0.3, 0.4) is 0 Å². The molecule has 6 nitrogen and oxygen atoms in total. The van der Waals surface area contributed by atoms with E-state index in [0.717, 1.165) is 6.42 Å². The molecule has 0 spiro atoms. The number of carbonyl (C=O) groups is 1. The Morgan fingerprint density at radius 3 is 2.87 bits per heavy atom. The van der Waals surface area contributed by atoms with E-state index in [1.165, 1.54) is 0 Å². The van der Waals surface area contributed by atoms with E-state index in [1.807, 2.05) is 0 Å². The SMILES string of the molecule is COCCCNc1cc(C(=O)Nc2cccc(Cl)c2)nc(C)n1. The molecule has 23 heavy (non-hydrogen) atoms. The highest BCUT2D eigenvalue weighted by Crippen LogP contribution is 2.16. The third-order valence-electron chi connectivity index (χ3n) is 2.98. The van der Waals surface area contributed by atoms with Gasteiger partial charge in [0.15, 0.2) is 0 Å². The van der Waals surface area contributed by atoms with Crippen molar-refractivity contribution >= 4 is 29.0 Å². The largest absolute Gasteiger partial charge is 0.385 e. The number of nitrogens with one attached hydrogen (secondary N) is 2. The first-order chi connectivity index (χ1) is 11.1. The van der Waals surface area contributed by atoms with Crippen LogP contribution in [0.1, 0.15) is 22.7 Å². The molecular formula is C16H19ClN4O2. The van der Waals surface area contributed by atoms with E-state index in [1.54, 1.807) is 44.4 Å². The fourth-order valence-electron chi connectivity index (χ4n) is 1.97. The summed E-state index contributed by atoms with van der Waals surface area (Å²) in [5, 5.41) is 6.48. The van der Waals surface area contributed by atoms with E-state index in [4.69, 9.17) is 16.3 Å². The number of nitrogens with zero attached hydrogens (tertiary/aromatic N) is 2. The molecule has 122 valence electrons. The van der Waals surface area contributed by atoms with Crippen molar-refractivity contribution in [3.63, 3.8) is 0 Å². The number of methoxy groups -OCH3 is 1. The van der Waals surface area contributed by atoms with Gasteiger partial charge in [0.1, 0.15) is 17.3 Å². The van der Waals surface area contributed by atoms with E-state index in [9.17, 15) is 4.79 Å². The number of hydrogen-bond donors (Lipinski definition) is 2. The van der Waals surface area contributed by atoms with Crippen LogP contribution in [-0.2, 0) is 4.74 Å². The third kappa shape index (κ3) is 5.50. The van der Waals surface area contributed by atoms with Crippen molar-refractivity contribution in [3.05, 3.63) is 46.9 Å². The monoisotopic (exact) mass is 334 g/mol. The molecule has 0 saturated carbocycles. The van der Waals surface area contributed by atoms with Crippen LogP contribution < -0.4 is 10.6 Å². The van der Waals surface area contributed by atoms with Gasteiger partial charge in [0.05, 0.1) is 0 Å². The van der Waals surface area contributed by atoms with E-state index < -0.39 is 0 Å². The summed E-state index contributed by atoms with van der Waals surface area (Å²) in [7, 11) is 1.66. The molecule has 0 aliphatic carbocycles. The lowest BCUT2D eigenvalue weighted by molar-refractivity contribution is 0.102. The number of carbonyl (C=O) groups excluding carboxylic acids is 1. The number of benzene rings is 1. The smallest absolute Gasteiger partial charge is 0.274 e. The molecule has 7 heteroatoms. The molecule has 0 atom stereocenters. The molecule has 1 amide bonds. The maximum Gasteiger partial charge on any atom is 0.274 e. The van der Waals surface area contributed by atoms with Gasteiger partial charge < -0.3 is 15.4 Å². The van der Waals surface area contributed by atoms with Crippen LogP contribution in [0, 0.1) is 6.92 Å². The van der Waals surface area contributed by atoms with Gasteiger partial charge in [-0.25, -0.2) is 9.97 Å². The van der Waals surface area contributed by atoms with Crippen LogP contribution in [0.5, 0.6) is 0 Å². The Balaban J connectivity index is 2.06. The van der Waals surface area contributed by atoms with E-state index in [2.05, 4.69) is 20.6 Å². The molecule has 0 saturated heterocycles. The molecule has 0 fully saturated rings. The Hall–Kier alpha value is -2.18. The molecule has 1 aromatic heterocycles. The fourth-order valence-corrected chi connectivity index (χ4v) is 2.16. The lowest BCUT2D eigenvalue weighted by Gasteiger charge is -2.09. The maximum atomic E-state index is 12.3. The molecule has 1 heterocycles. The number of aromatic nitrogens is 2. The molecule has 0 unspecified atom stereocenters. The second-order valence-corrected chi connectivity index (χ2v) is 5.36. The van der Waals surface area contributed by atoms with Crippen molar-refractivity contribution in [2.45, 2.75) is 13.3 Å². The predicted octanol–water partition coefficient (Wildman–Crippen LogP) is 3.14. The Bertz CT molecular complexity index is 679. The van der Waals surface area contributed by atoms with Crippen molar-refractivity contribution in [1.82, 2.24) is 9.97 Å². The molecule has 1 aromatic carbocycles. The first-order valence-electron chi connectivity index (χ1n) is 7.24. The Morgan fingerprint density at radius 2 is 2.13 bits per heavy atom. The quantitative estimate of drug-likeness (QED) is 0.761. The third-order valence-corrected chi connectivity index (χ3v) is 3.22. The zero-order chi connectivity index (χ0) is 16.7. The number of aryl methyl sites for hydroxylation is 1. The maximum absolute atomic E-state index is 12.3. The number of amides is 1. The standard InChI is InChI=1S/C16H19ClN4O2/c1-11-19-14(10-15(20-11)18-7-4-8-23-2)16(22)21-13-6-3-5-12(17)9-13/h3,5-6,9-10H,4,7-8H2,1-2H3,(H,21,22)(H,18,19,20).